The minimum atomic E-state index is -0.691. The molecule has 0 saturated heterocycles. The van der Waals surface area contributed by atoms with Crippen LogP contribution in [0.4, 0.5) is 0 Å². The molecule has 2 aliphatic rings. The zero-order valence-corrected chi connectivity index (χ0v) is 13.0. The van der Waals surface area contributed by atoms with Gasteiger partial charge in [-0.1, -0.05) is 38.1 Å². The Hall–Kier alpha value is -1.35. The van der Waals surface area contributed by atoms with Crippen molar-refractivity contribution in [2.75, 3.05) is 6.54 Å². The Morgan fingerprint density at radius 2 is 2.00 bits per heavy atom. The third-order valence-corrected chi connectivity index (χ3v) is 5.37. The second-order valence-electron chi connectivity index (χ2n) is 6.98. The van der Waals surface area contributed by atoms with E-state index in [1.807, 2.05) is 18.2 Å². The summed E-state index contributed by atoms with van der Waals surface area (Å²) in [5.74, 6) is 0.405. The third kappa shape index (κ3) is 2.84. The molecule has 1 N–H and O–H groups in total. The van der Waals surface area contributed by atoms with Crippen molar-refractivity contribution in [1.29, 1.82) is 0 Å². The quantitative estimate of drug-likeness (QED) is 0.905. The zero-order valence-electron chi connectivity index (χ0n) is 13.0. The first-order valence-electron chi connectivity index (χ1n) is 8.11. The molecule has 0 bridgehead atoms. The average molecular weight is 287 g/mol. The van der Waals surface area contributed by atoms with Gasteiger partial charge >= 0.3 is 5.97 Å². The smallest absolute Gasteiger partial charge is 0.312 e. The van der Waals surface area contributed by atoms with E-state index in [1.54, 1.807) is 0 Å². The van der Waals surface area contributed by atoms with Crippen LogP contribution in [0.15, 0.2) is 24.3 Å². The number of rotatable bonds is 2. The molecule has 1 saturated carbocycles. The van der Waals surface area contributed by atoms with Gasteiger partial charge in [0.1, 0.15) is 0 Å². The second kappa shape index (κ2) is 5.80. The maximum atomic E-state index is 11.7. The van der Waals surface area contributed by atoms with Gasteiger partial charge in [-0.15, -0.1) is 0 Å². The van der Waals surface area contributed by atoms with Crippen LogP contribution in [-0.4, -0.2) is 28.6 Å². The normalized spacial score (nSPS) is 33.4. The zero-order chi connectivity index (χ0) is 15.0. The minimum Gasteiger partial charge on any atom is -0.481 e. The van der Waals surface area contributed by atoms with Crippen LogP contribution in [0.1, 0.15) is 50.2 Å². The molecule has 1 aliphatic heterocycles. The third-order valence-electron chi connectivity index (χ3n) is 5.37. The van der Waals surface area contributed by atoms with Crippen molar-refractivity contribution in [3.05, 3.63) is 35.4 Å². The first kappa shape index (κ1) is 14.6. The number of hydrogen-bond acceptors (Lipinski definition) is 2. The van der Waals surface area contributed by atoms with Gasteiger partial charge in [-0.3, -0.25) is 9.69 Å². The lowest BCUT2D eigenvalue weighted by Crippen LogP contribution is -2.47. The first-order valence-corrected chi connectivity index (χ1v) is 8.11. The molecule has 0 aromatic heterocycles. The Labute approximate surface area is 127 Å². The predicted molar refractivity (Wildman–Crippen MR) is 83.2 cm³/mol. The Bertz CT molecular complexity index is 528. The van der Waals surface area contributed by atoms with E-state index in [9.17, 15) is 9.90 Å². The van der Waals surface area contributed by atoms with E-state index in [2.05, 4.69) is 24.8 Å². The van der Waals surface area contributed by atoms with E-state index in [-0.39, 0.29) is 5.92 Å². The Balaban J connectivity index is 1.85. The summed E-state index contributed by atoms with van der Waals surface area (Å²) in [6.07, 6.45) is 3.74. The van der Waals surface area contributed by atoms with Crippen LogP contribution in [0.5, 0.6) is 0 Å². The highest BCUT2D eigenvalue weighted by atomic mass is 16.4. The minimum absolute atomic E-state index is 0.374. The van der Waals surface area contributed by atoms with Crippen LogP contribution in [0.2, 0.25) is 0 Å². The lowest BCUT2D eigenvalue weighted by Gasteiger charge is -2.44. The Kier molecular flexibility index (Phi) is 4.03. The molecular formula is C18H25NO2. The average Bonchev–Trinajstić information content (AvgIpc) is 2.46. The number of carbonyl (C=O) groups is 1. The summed E-state index contributed by atoms with van der Waals surface area (Å²) < 4.78 is 0. The van der Waals surface area contributed by atoms with Gasteiger partial charge in [0.15, 0.2) is 0 Å². The van der Waals surface area contributed by atoms with E-state index in [0.29, 0.717) is 18.5 Å². The van der Waals surface area contributed by atoms with Gasteiger partial charge in [-0.05, 0) is 42.2 Å². The van der Waals surface area contributed by atoms with Crippen LogP contribution in [0, 0.1) is 11.8 Å². The van der Waals surface area contributed by atoms with E-state index in [1.165, 1.54) is 24.8 Å². The van der Waals surface area contributed by atoms with Crippen LogP contribution in [0.25, 0.3) is 0 Å². The molecule has 114 valence electrons. The van der Waals surface area contributed by atoms with Crippen molar-refractivity contribution in [1.82, 2.24) is 4.90 Å². The lowest BCUT2D eigenvalue weighted by atomic mass is 9.77. The first-order chi connectivity index (χ1) is 10.1. The van der Waals surface area contributed by atoms with Crippen molar-refractivity contribution < 1.29 is 9.90 Å². The summed E-state index contributed by atoms with van der Waals surface area (Å²) in [5.41, 5.74) is 2.21. The summed E-state index contributed by atoms with van der Waals surface area (Å²) in [5, 5.41) is 9.58. The molecular weight excluding hydrogens is 262 g/mol. The van der Waals surface area contributed by atoms with Crippen LogP contribution < -0.4 is 0 Å². The molecule has 3 rings (SSSR count). The number of fused-ring (bicyclic) bond motifs is 1. The lowest BCUT2D eigenvalue weighted by molar-refractivity contribution is -0.140. The van der Waals surface area contributed by atoms with Gasteiger partial charge in [0.05, 0.1) is 5.92 Å². The molecule has 1 aliphatic carbocycles. The van der Waals surface area contributed by atoms with Crippen molar-refractivity contribution in [2.45, 2.75) is 51.6 Å². The van der Waals surface area contributed by atoms with Crippen molar-refractivity contribution in [3.63, 3.8) is 0 Å². The molecule has 1 heterocycles. The van der Waals surface area contributed by atoms with Crippen LogP contribution >= 0.6 is 0 Å². The van der Waals surface area contributed by atoms with Crippen LogP contribution in [0.3, 0.4) is 0 Å². The molecule has 4 unspecified atom stereocenters. The van der Waals surface area contributed by atoms with Gasteiger partial charge < -0.3 is 5.11 Å². The molecule has 1 fully saturated rings. The highest BCUT2D eigenvalue weighted by Gasteiger charge is 2.36. The van der Waals surface area contributed by atoms with Gasteiger partial charge in [-0.25, -0.2) is 0 Å². The number of nitrogens with zero attached hydrogens (tertiary/aromatic N) is 1. The van der Waals surface area contributed by atoms with Crippen LogP contribution in [-0.2, 0) is 11.3 Å². The SMILES string of the molecule is CC1CCC(N2Cc3ccccc3C(C(=O)O)C2)C(C)C1. The van der Waals surface area contributed by atoms with Crippen molar-refractivity contribution in [3.8, 4) is 0 Å². The predicted octanol–water partition coefficient (Wildman–Crippen LogP) is 3.50. The molecule has 0 amide bonds. The number of carboxylic acid groups (broad SMARTS) is 1. The fourth-order valence-corrected chi connectivity index (χ4v) is 4.29. The highest BCUT2D eigenvalue weighted by Crippen LogP contribution is 2.37. The van der Waals surface area contributed by atoms with Gasteiger partial charge in [0.2, 0.25) is 0 Å². The van der Waals surface area contributed by atoms with Crippen molar-refractivity contribution >= 4 is 5.97 Å². The largest absolute Gasteiger partial charge is 0.481 e. The van der Waals surface area contributed by atoms with E-state index in [0.717, 1.165) is 18.0 Å². The Morgan fingerprint density at radius 1 is 1.24 bits per heavy atom. The number of hydrogen-bond donors (Lipinski definition) is 1. The summed E-state index contributed by atoms with van der Waals surface area (Å²) in [6.45, 7) is 6.23. The summed E-state index contributed by atoms with van der Waals surface area (Å²) in [7, 11) is 0. The molecule has 4 atom stereocenters. The topological polar surface area (TPSA) is 40.5 Å². The van der Waals surface area contributed by atoms with Crippen molar-refractivity contribution in [2.24, 2.45) is 11.8 Å². The maximum Gasteiger partial charge on any atom is 0.312 e. The molecule has 1 aromatic rings. The van der Waals surface area contributed by atoms with Gasteiger partial charge in [0, 0.05) is 19.1 Å². The Morgan fingerprint density at radius 3 is 2.71 bits per heavy atom. The van der Waals surface area contributed by atoms with Gasteiger partial charge in [-0.2, -0.15) is 0 Å². The monoisotopic (exact) mass is 287 g/mol. The molecule has 1 aromatic carbocycles. The molecule has 0 spiro atoms. The second-order valence-corrected chi connectivity index (χ2v) is 6.98. The maximum absolute atomic E-state index is 11.7. The van der Waals surface area contributed by atoms with E-state index < -0.39 is 5.97 Å². The molecule has 0 radical (unpaired) electrons. The molecule has 21 heavy (non-hydrogen) atoms. The molecule has 3 nitrogen and oxygen atoms in total. The van der Waals surface area contributed by atoms with Gasteiger partial charge in [0.25, 0.3) is 0 Å². The highest BCUT2D eigenvalue weighted by molar-refractivity contribution is 5.77. The number of benzene rings is 1. The summed E-state index contributed by atoms with van der Waals surface area (Å²) in [4.78, 5) is 14.1. The summed E-state index contributed by atoms with van der Waals surface area (Å²) in [6, 6.07) is 8.59. The fraction of sp³-hybridized carbons (Fsp3) is 0.611. The number of carboxylic acids is 1. The molecule has 3 heteroatoms. The number of aliphatic carboxylic acids is 1. The fourth-order valence-electron chi connectivity index (χ4n) is 4.29. The van der Waals surface area contributed by atoms with E-state index >= 15 is 0 Å². The summed E-state index contributed by atoms with van der Waals surface area (Å²) >= 11 is 0. The standard InChI is InChI=1S/C18H25NO2/c1-12-7-8-17(13(2)9-12)19-10-14-5-3-4-6-15(14)16(11-19)18(20)21/h3-6,12-13,16-17H,7-11H2,1-2H3,(H,20,21). The van der Waals surface area contributed by atoms with E-state index in [4.69, 9.17) is 0 Å².